The van der Waals surface area contributed by atoms with Gasteiger partial charge in [0.2, 0.25) is 0 Å². The van der Waals surface area contributed by atoms with Gasteiger partial charge in [-0.2, -0.15) is 0 Å². The Morgan fingerprint density at radius 1 is 1.53 bits per heavy atom. The summed E-state index contributed by atoms with van der Waals surface area (Å²) < 4.78 is 0. The summed E-state index contributed by atoms with van der Waals surface area (Å²) in [6.07, 6.45) is 2.44. The van der Waals surface area contributed by atoms with Crippen LogP contribution in [0.4, 0.5) is 0 Å². The molecule has 5 nitrogen and oxygen atoms in total. The normalized spacial score (nSPS) is 21.9. The third-order valence-corrected chi connectivity index (χ3v) is 3.18. The molecule has 1 unspecified atom stereocenters. The summed E-state index contributed by atoms with van der Waals surface area (Å²) >= 11 is 0. The molecule has 100 valence electrons. The highest BCUT2D eigenvalue weighted by Crippen LogP contribution is 2.15. The number of carboxylic acids is 1. The Morgan fingerprint density at radius 2 is 2.29 bits per heavy atom. The van der Waals surface area contributed by atoms with Gasteiger partial charge in [-0.25, -0.2) is 0 Å². The molecule has 1 aliphatic rings. The predicted octanol–water partition coefficient (Wildman–Crippen LogP) is -0.0658. The van der Waals surface area contributed by atoms with Crippen LogP contribution in [0, 0.1) is 5.92 Å². The second-order valence-electron chi connectivity index (χ2n) is 5.14. The van der Waals surface area contributed by atoms with Gasteiger partial charge in [0.25, 0.3) is 0 Å². The van der Waals surface area contributed by atoms with Crippen LogP contribution < -0.4 is 5.32 Å². The monoisotopic (exact) mass is 243 g/mol. The van der Waals surface area contributed by atoms with Crippen LogP contribution in [0.15, 0.2) is 0 Å². The van der Waals surface area contributed by atoms with E-state index in [-0.39, 0.29) is 6.54 Å². The summed E-state index contributed by atoms with van der Waals surface area (Å²) in [4.78, 5) is 15.1. The fourth-order valence-corrected chi connectivity index (χ4v) is 2.25. The van der Waals surface area contributed by atoms with E-state index in [0.717, 1.165) is 26.2 Å². The van der Waals surface area contributed by atoms with Crippen LogP contribution in [0.2, 0.25) is 0 Å². The Balaban J connectivity index is 2.17. The summed E-state index contributed by atoms with van der Waals surface area (Å²) in [5, 5.41) is 11.6. The van der Waals surface area contributed by atoms with E-state index in [0.29, 0.717) is 5.92 Å². The van der Waals surface area contributed by atoms with Crippen molar-refractivity contribution in [2.45, 2.75) is 12.8 Å². The number of aliphatic carboxylic acids is 1. The fourth-order valence-electron chi connectivity index (χ4n) is 2.25. The van der Waals surface area contributed by atoms with Gasteiger partial charge in [-0.1, -0.05) is 0 Å². The largest absolute Gasteiger partial charge is 0.480 e. The minimum Gasteiger partial charge on any atom is -0.480 e. The Labute approximate surface area is 104 Å². The molecule has 0 radical (unpaired) electrons. The molecule has 0 aromatic rings. The molecule has 1 fully saturated rings. The van der Waals surface area contributed by atoms with Crippen molar-refractivity contribution in [3.63, 3.8) is 0 Å². The lowest BCUT2D eigenvalue weighted by Crippen LogP contribution is -2.42. The number of likely N-dealkylation sites (N-methyl/N-ethyl adjacent to an activating group) is 1. The van der Waals surface area contributed by atoms with Gasteiger partial charge in [0, 0.05) is 19.6 Å². The Morgan fingerprint density at radius 3 is 2.94 bits per heavy atom. The lowest BCUT2D eigenvalue weighted by atomic mass is 9.98. The van der Waals surface area contributed by atoms with Crippen LogP contribution in [-0.4, -0.2) is 74.2 Å². The lowest BCUT2D eigenvalue weighted by molar-refractivity contribution is -0.136. The van der Waals surface area contributed by atoms with Crippen LogP contribution in [-0.2, 0) is 4.79 Å². The predicted molar refractivity (Wildman–Crippen MR) is 68.2 cm³/mol. The summed E-state index contributed by atoms with van der Waals surface area (Å²) in [7, 11) is 4.19. The van der Waals surface area contributed by atoms with E-state index in [2.05, 4.69) is 29.2 Å². The van der Waals surface area contributed by atoms with E-state index < -0.39 is 5.97 Å². The molecule has 0 aromatic heterocycles. The molecule has 17 heavy (non-hydrogen) atoms. The topological polar surface area (TPSA) is 55.8 Å². The van der Waals surface area contributed by atoms with E-state index in [1.54, 1.807) is 0 Å². The lowest BCUT2D eigenvalue weighted by Gasteiger charge is -2.33. The van der Waals surface area contributed by atoms with Gasteiger partial charge in [0.1, 0.15) is 0 Å². The minimum absolute atomic E-state index is 0.0776. The first-order valence-electron chi connectivity index (χ1n) is 6.37. The zero-order valence-corrected chi connectivity index (χ0v) is 11.0. The molecule has 1 atom stereocenters. The number of carboxylic acid groups (broad SMARTS) is 1. The number of hydrogen-bond donors (Lipinski definition) is 2. The molecule has 0 spiro atoms. The summed E-state index contributed by atoms with van der Waals surface area (Å²) in [6, 6.07) is 0. The minimum atomic E-state index is -0.773. The maximum atomic E-state index is 10.4. The summed E-state index contributed by atoms with van der Waals surface area (Å²) in [5.41, 5.74) is 0. The van der Waals surface area contributed by atoms with Gasteiger partial charge < -0.3 is 20.2 Å². The molecule has 0 saturated carbocycles. The second-order valence-corrected chi connectivity index (χ2v) is 5.14. The summed E-state index contributed by atoms with van der Waals surface area (Å²) in [5.74, 6) is -0.171. The Bertz CT molecular complexity index is 234. The van der Waals surface area contributed by atoms with Crippen molar-refractivity contribution < 1.29 is 9.90 Å². The van der Waals surface area contributed by atoms with Crippen molar-refractivity contribution >= 4 is 5.97 Å². The molecule has 1 saturated heterocycles. The molecule has 1 rings (SSSR count). The number of hydrogen-bond acceptors (Lipinski definition) is 4. The van der Waals surface area contributed by atoms with Crippen molar-refractivity contribution in [3.8, 4) is 0 Å². The average molecular weight is 243 g/mol. The number of likely N-dealkylation sites (tertiary alicyclic amines) is 1. The molecule has 0 aromatic carbocycles. The first kappa shape index (κ1) is 14.4. The molecule has 0 aliphatic carbocycles. The number of nitrogens with one attached hydrogen (secondary N) is 1. The number of nitrogens with zero attached hydrogens (tertiary/aromatic N) is 2. The van der Waals surface area contributed by atoms with Crippen LogP contribution in [0.25, 0.3) is 0 Å². The molecule has 5 heteroatoms. The van der Waals surface area contributed by atoms with Gasteiger partial charge in [0.05, 0.1) is 6.54 Å². The van der Waals surface area contributed by atoms with Gasteiger partial charge in [-0.15, -0.1) is 0 Å². The van der Waals surface area contributed by atoms with E-state index in [1.807, 2.05) is 0 Å². The van der Waals surface area contributed by atoms with Crippen LogP contribution >= 0.6 is 0 Å². The molecule has 0 amide bonds. The number of rotatable bonds is 7. The first-order valence-corrected chi connectivity index (χ1v) is 6.37. The van der Waals surface area contributed by atoms with Crippen molar-refractivity contribution in [2.24, 2.45) is 5.92 Å². The molecular formula is C12H25N3O2. The van der Waals surface area contributed by atoms with Crippen LogP contribution in [0.5, 0.6) is 0 Å². The quantitative estimate of drug-likeness (QED) is 0.656. The molecule has 0 bridgehead atoms. The zero-order chi connectivity index (χ0) is 12.7. The van der Waals surface area contributed by atoms with Crippen molar-refractivity contribution in [2.75, 3.05) is 53.4 Å². The number of piperidine rings is 1. The van der Waals surface area contributed by atoms with Crippen LogP contribution in [0.1, 0.15) is 12.8 Å². The smallest absolute Gasteiger partial charge is 0.317 e. The molecule has 1 heterocycles. The average Bonchev–Trinajstić information content (AvgIpc) is 2.26. The van der Waals surface area contributed by atoms with Gasteiger partial charge >= 0.3 is 5.97 Å². The Hall–Kier alpha value is -0.650. The molecule has 1 aliphatic heterocycles. The standard InChI is InChI=1S/C12H25N3O2/c1-14(2)6-7-15-5-3-4-11(10-15)8-13-9-12(16)17/h11,13H,3-10H2,1-2H3,(H,16,17). The van der Waals surface area contributed by atoms with Gasteiger partial charge in [-0.05, 0) is 45.9 Å². The van der Waals surface area contributed by atoms with E-state index in [1.165, 1.54) is 19.4 Å². The van der Waals surface area contributed by atoms with E-state index >= 15 is 0 Å². The molecule has 2 N–H and O–H groups in total. The van der Waals surface area contributed by atoms with Crippen molar-refractivity contribution in [1.29, 1.82) is 0 Å². The fraction of sp³-hybridized carbons (Fsp3) is 0.917. The Kier molecular flexibility index (Phi) is 6.47. The maximum Gasteiger partial charge on any atom is 0.317 e. The highest BCUT2D eigenvalue weighted by molar-refractivity contribution is 5.68. The zero-order valence-electron chi connectivity index (χ0n) is 11.0. The highest BCUT2D eigenvalue weighted by atomic mass is 16.4. The van der Waals surface area contributed by atoms with Gasteiger partial charge in [-0.3, -0.25) is 4.79 Å². The van der Waals surface area contributed by atoms with Crippen LogP contribution in [0.3, 0.4) is 0 Å². The van der Waals surface area contributed by atoms with Gasteiger partial charge in [0.15, 0.2) is 0 Å². The first-order chi connectivity index (χ1) is 8.08. The molecular weight excluding hydrogens is 218 g/mol. The SMILES string of the molecule is CN(C)CCN1CCCC(CNCC(=O)O)C1. The maximum absolute atomic E-state index is 10.4. The summed E-state index contributed by atoms with van der Waals surface area (Å²) in [6.45, 7) is 5.39. The third kappa shape index (κ3) is 6.61. The van der Waals surface area contributed by atoms with Crippen molar-refractivity contribution in [1.82, 2.24) is 15.1 Å². The van der Waals surface area contributed by atoms with E-state index in [4.69, 9.17) is 5.11 Å². The highest BCUT2D eigenvalue weighted by Gasteiger charge is 2.19. The second kappa shape index (κ2) is 7.63. The van der Waals surface area contributed by atoms with E-state index in [9.17, 15) is 4.79 Å². The third-order valence-electron chi connectivity index (χ3n) is 3.18. The number of carbonyl (C=O) groups is 1. The van der Waals surface area contributed by atoms with Crippen molar-refractivity contribution in [3.05, 3.63) is 0 Å².